The maximum Gasteiger partial charge on any atom is 0.261 e. The topological polar surface area (TPSA) is 45.1 Å². The van der Waals surface area contributed by atoms with Gasteiger partial charge in [0.1, 0.15) is 7.05 Å². The van der Waals surface area contributed by atoms with Gasteiger partial charge in [-0.15, -0.1) is 0 Å². The summed E-state index contributed by atoms with van der Waals surface area (Å²) < 4.78 is 3.99. The summed E-state index contributed by atoms with van der Waals surface area (Å²) in [5, 5.41) is 1.69. The van der Waals surface area contributed by atoms with Crippen molar-refractivity contribution in [1.82, 2.24) is 4.90 Å². The zero-order valence-electron chi connectivity index (χ0n) is 16.7. The summed E-state index contributed by atoms with van der Waals surface area (Å²) in [6.07, 6.45) is 8.00. The van der Waals surface area contributed by atoms with Crippen molar-refractivity contribution in [3.05, 3.63) is 96.6 Å². The van der Waals surface area contributed by atoms with Crippen molar-refractivity contribution in [1.29, 1.82) is 0 Å². The number of hydrogen-bond donors (Lipinski definition) is 0. The molecule has 146 valence electrons. The monoisotopic (exact) mass is 395 g/mol. The van der Waals surface area contributed by atoms with Gasteiger partial charge in [0.15, 0.2) is 31.3 Å². The largest absolute Gasteiger partial charge is 0.269 e. The minimum Gasteiger partial charge on any atom is -0.269 e. The molecule has 0 spiro atoms. The number of rotatable bonds is 4. The Balaban J connectivity index is 1.36. The number of nitrogens with zero attached hydrogens (tertiary/aromatic N) is 3. The molecule has 4 aromatic rings. The van der Waals surface area contributed by atoms with Gasteiger partial charge < -0.3 is 0 Å². The van der Waals surface area contributed by atoms with Gasteiger partial charge in [-0.3, -0.25) is 14.5 Å². The molecule has 3 heterocycles. The van der Waals surface area contributed by atoms with Gasteiger partial charge in [-0.1, -0.05) is 24.3 Å². The molecule has 5 nitrogen and oxygen atoms in total. The first-order valence-corrected chi connectivity index (χ1v) is 9.94. The van der Waals surface area contributed by atoms with Crippen LogP contribution < -0.4 is 9.13 Å². The van der Waals surface area contributed by atoms with E-state index in [1.165, 1.54) is 4.90 Å². The van der Waals surface area contributed by atoms with Crippen molar-refractivity contribution in [2.24, 2.45) is 7.05 Å². The van der Waals surface area contributed by atoms with Crippen LogP contribution in [0.1, 0.15) is 20.7 Å². The molecule has 0 aliphatic carbocycles. The third-order valence-corrected chi connectivity index (χ3v) is 5.64. The summed E-state index contributed by atoms with van der Waals surface area (Å²) in [4.78, 5) is 27.3. The predicted molar refractivity (Wildman–Crippen MR) is 113 cm³/mol. The maximum absolute atomic E-state index is 13.0. The number of carbonyl (C=O) groups excluding carboxylic acids is 2. The molecule has 0 bridgehead atoms. The van der Waals surface area contributed by atoms with E-state index in [1.807, 2.05) is 77.4 Å². The van der Waals surface area contributed by atoms with Crippen molar-refractivity contribution in [2.75, 3.05) is 6.54 Å². The molecule has 2 aromatic carbocycles. The number of benzene rings is 2. The molecular weight excluding hydrogens is 374 g/mol. The summed E-state index contributed by atoms with van der Waals surface area (Å²) in [5.41, 5.74) is 3.46. The third kappa shape index (κ3) is 3.05. The average Bonchev–Trinajstić information content (AvgIpc) is 2.78. The second-order valence-electron chi connectivity index (χ2n) is 7.55. The van der Waals surface area contributed by atoms with Gasteiger partial charge in [-0.25, -0.2) is 9.13 Å². The normalized spacial score (nSPS) is 13.2. The van der Waals surface area contributed by atoms with Crippen molar-refractivity contribution in [3.8, 4) is 11.1 Å². The smallest absolute Gasteiger partial charge is 0.261 e. The maximum atomic E-state index is 13.0. The molecule has 1 aliphatic heterocycles. The van der Waals surface area contributed by atoms with Gasteiger partial charge in [0.2, 0.25) is 0 Å². The van der Waals surface area contributed by atoms with Gasteiger partial charge in [0, 0.05) is 40.8 Å². The first-order chi connectivity index (χ1) is 14.6. The Hall–Kier alpha value is -3.86. The molecule has 2 aromatic heterocycles. The number of aryl methyl sites for hydroxylation is 1. The summed E-state index contributed by atoms with van der Waals surface area (Å²) in [5.74, 6) is -0.447. The highest BCUT2D eigenvalue weighted by Crippen LogP contribution is 2.29. The van der Waals surface area contributed by atoms with Crippen LogP contribution in [0, 0.1) is 0 Å². The van der Waals surface area contributed by atoms with Gasteiger partial charge >= 0.3 is 0 Å². The number of hydrogen-bond acceptors (Lipinski definition) is 2. The van der Waals surface area contributed by atoms with E-state index in [4.69, 9.17) is 0 Å². The number of pyridine rings is 2. The van der Waals surface area contributed by atoms with E-state index in [-0.39, 0.29) is 11.8 Å². The van der Waals surface area contributed by atoms with E-state index < -0.39 is 0 Å². The van der Waals surface area contributed by atoms with Gasteiger partial charge in [-0.2, -0.15) is 0 Å². The first kappa shape index (κ1) is 18.2. The number of carbonyl (C=O) groups is 2. The third-order valence-electron chi connectivity index (χ3n) is 5.64. The fourth-order valence-corrected chi connectivity index (χ4v) is 3.99. The van der Waals surface area contributed by atoms with Crippen LogP contribution in [0.2, 0.25) is 0 Å². The van der Waals surface area contributed by atoms with Crippen LogP contribution in [-0.4, -0.2) is 23.3 Å². The zero-order chi connectivity index (χ0) is 20.7. The summed E-state index contributed by atoms with van der Waals surface area (Å²) in [6, 6.07) is 19.4. The zero-order valence-corrected chi connectivity index (χ0v) is 16.7. The molecule has 5 rings (SSSR count). The van der Waals surface area contributed by atoms with Crippen molar-refractivity contribution >= 4 is 22.6 Å². The fourth-order valence-electron chi connectivity index (χ4n) is 3.99. The van der Waals surface area contributed by atoms with Crippen LogP contribution in [0.15, 0.2) is 85.5 Å². The van der Waals surface area contributed by atoms with Crippen LogP contribution in [-0.2, 0) is 13.6 Å². The lowest BCUT2D eigenvalue weighted by Gasteiger charge is -2.26. The Kier molecular flexibility index (Phi) is 4.36. The van der Waals surface area contributed by atoms with E-state index in [0.717, 1.165) is 21.9 Å². The van der Waals surface area contributed by atoms with E-state index in [2.05, 4.69) is 12.1 Å². The molecule has 0 atom stereocenters. The van der Waals surface area contributed by atoms with Crippen LogP contribution in [0.25, 0.3) is 21.9 Å². The Morgan fingerprint density at radius 3 is 1.83 bits per heavy atom. The number of amides is 2. The van der Waals surface area contributed by atoms with Crippen LogP contribution in [0.5, 0.6) is 0 Å². The molecular formula is C25H21N3O2+2. The molecule has 0 fully saturated rings. The fraction of sp³-hybridized carbons (Fsp3) is 0.120. The van der Waals surface area contributed by atoms with Crippen LogP contribution in [0.4, 0.5) is 0 Å². The molecule has 5 heteroatoms. The Morgan fingerprint density at radius 2 is 1.27 bits per heavy atom. The summed E-state index contributed by atoms with van der Waals surface area (Å²) >= 11 is 0. The lowest BCUT2D eigenvalue weighted by molar-refractivity contribution is -0.695. The summed E-state index contributed by atoms with van der Waals surface area (Å²) in [6.45, 7) is 0.868. The SMILES string of the molecule is C[n+]1ccc(-c2cc[n+](CCN3C(=O)c4cccc5cccc(c45)C3=O)cc2)cc1. The van der Waals surface area contributed by atoms with Gasteiger partial charge in [0.25, 0.3) is 11.8 Å². The molecule has 0 unspecified atom stereocenters. The molecule has 0 radical (unpaired) electrons. The van der Waals surface area contributed by atoms with E-state index in [9.17, 15) is 9.59 Å². The van der Waals surface area contributed by atoms with E-state index in [1.54, 1.807) is 12.1 Å². The van der Waals surface area contributed by atoms with Crippen molar-refractivity contribution in [3.63, 3.8) is 0 Å². The molecule has 0 saturated carbocycles. The molecule has 0 N–H and O–H groups in total. The quantitative estimate of drug-likeness (QED) is 0.394. The summed E-state index contributed by atoms with van der Waals surface area (Å²) in [7, 11) is 1.99. The highest BCUT2D eigenvalue weighted by atomic mass is 16.2. The number of aromatic nitrogens is 2. The van der Waals surface area contributed by atoms with Gasteiger partial charge in [0.05, 0.1) is 6.54 Å². The second kappa shape index (κ2) is 7.19. The highest BCUT2D eigenvalue weighted by Gasteiger charge is 2.32. The lowest BCUT2D eigenvalue weighted by atomic mass is 9.94. The van der Waals surface area contributed by atoms with Crippen molar-refractivity contribution < 1.29 is 18.7 Å². The number of imide groups is 1. The Labute approximate surface area is 174 Å². The van der Waals surface area contributed by atoms with Crippen LogP contribution in [0.3, 0.4) is 0 Å². The van der Waals surface area contributed by atoms with Gasteiger partial charge in [-0.05, 0) is 28.6 Å². The minimum absolute atomic E-state index is 0.223. The van der Waals surface area contributed by atoms with Crippen molar-refractivity contribution in [2.45, 2.75) is 6.54 Å². The second-order valence-corrected chi connectivity index (χ2v) is 7.55. The molecule has 30 heavy (non-hydrogen) atoms. The predicted octanol–water partition coefficient (Wildman–Crippen LogP) is 2.92. The molecule has 1 aliphatic rings. The molecule has 0 saturated heterocycles. The average molecular weight is 395 g/mol. The Bertz CT molecular complexity index is 1230. The highest BCUT2D eigenvalue weighted by molar-refractivity contribution is 6.25. The standard InChI is InChI=1S/C25H21N3O2/c1-26-12-8-18(9-13-26)19-10-14-27(15-11-19)16-17-28-24(29)21-6-2-4-20-5-3-7-22(23(20)21)25(28)30/h2-15H,16-17H2,1H3/q+2. The minimum atomic E-state index is -0.223. The molecule has 2 amide bonds. The lowest BCUT2D eigenvalue weighted by Crippen LogP contribution is -2.46. The Morgan fingerprint density at radius 1 is 0.733 bits per heavy atom. The first-order valence-electron chi connectivity index (χ1n) is 9.94. The van der Waals surface area contributed by atoms with Crippen LogP contribution >= 0.6 is 0 Å². The van der Waals surface area contributed by atoms with E-state index in [0.29, 0.717) is 24.2 Å². The van der Waals surface area contributed by atoms with E-state index >= 15 is 0 Å².